The fraction of sp³-hybridized carbons (Fsp3) is 0.600. The van der Waals surface area contributed by atoms with E-state index in [2.05, 4.69) is 0 Å². The average Bonchev–Trinajstić information content (AvgIpc) is 2.63. The summed E-state index contributed by atoms with van der Waals surface area (Å²) < 4.78 is 10.9. The molecule has 27 heavy (non-hydrogen) atoms. The van der Waals surface area contributed by atoms with E-state index in [0.29, 0.717) is 26.2 Å². The van der Waals surface area contributed by atoms with Gasteiger partial charge in [-0.05, 0) is 45.7 Å². The summed E-state index contributed by atoms with van der Waals surface area (Å²) in [5, 5.41) is 0. The van der Waals surface area contributed by atoms with Crippen LogP contribution in [0.1, 0.15) is 39.2 Å². The lowest BCUT2D eigenvalue weighted by atomic mass is 10.1. The highest BCUT2D eigenvalue weighted by Crippen LogP contribution is 2.19. The molecule has 7 nitrogen and oxygen atoms in total. The molecular weight excluding hydrogens is 346 g/mol. The van der Waals surface area contributed by atoms with E-state index < -0.39 is 5.60 Å². The van der Waals surface area contributed by atoms with Gasteiger partial charge in [0, 0.05) is 19.6 Å². The molecule has 2 amide bonds. The molecule has 0 aromatic heterocycles. The zero-order valence-corrected chi connectivity index (χ0v) is 16.5. The Labute approximate surface area is 161 Å². The molecule has 1 heterocycles. The predicted molar refractivity (Wildman–Crippen MR) is 103 cm³/mol. The molecule has 0 bridgehead atoms. The first kappa shape index (κ1) is 21.0. The van der Waals surface area contributed by atoms with Gasteiger partial charge >= 0.3 is 12.2 Å². The van der Waals surface area contributed by atoms with Crippen LogP contribution in [0.4, 0.5) is 9.59 Å². The Kier molecular flexibility index (Phi) is 7.47. The molecule has 1 unspecified atom stereocenters. The zero-order valence-electron chi connectivity index (χ0n) is 16.5. The molecule has 2 rings (SSSR count). The molecule has 0 aliphatic carbocycles. The first-order valence-electron chi connectivity index (χ1n) is 9.45. The van der Waals surface area contributed by atoms with E-state index in [0.717, 1.165) is 18.4 Å². The second-order valence-corrected chi connectivity index (χ2v) is 7.74. The van der Waals surface area contributed by atoms with Crippen molar-refractivity contribution in [3.8, 4) is 0 Å². The monoisotopic (exact) mass is 377 g/mol. The molecule has 1 aromatic carbocycles. The number of hydrogen-bond acceptors (Lipinski definition) is 5. The number of nitrogens with two attached hydrogens (primary N) is 1. The van der Waals surface area contributed by atoms with Gasteiger partial charge in [0.05, 0.1) is 6.04 Å². The fourth-order valence-corrected chi connectivity index (χ4v) is 2.99. The van der Waals surface area contributed by atoms with Crippen LogP contribution in [0.25, 0.3) is 0 Å². The summed E-state index contributed by atoms with van der Waals surface area (Å²) in [6.45, 7) is 7.57. The Bertz CT molecular complexity index is 615. The van der Waals surface area contributed by atoms with E-state index in [9.17, 15) is 9.59 Å². The summed E-state index contributed by atoms with van der Waals surface area (Å²) in [5.41, 5.74) is 6.02. The van der Waals surface area contributed by atoms with Gasteiger partial charge in [0.1, 0.15) is 12.2 Å². The second kappa shape index (κ2) is 9.60. The Morgan fingerprint density at radius 3 is 2.48 bits per heavy atom. The SMILES string of the molecule is CC(C)(C)OC(=O)N1CCN(C(=O)OCc2ccccc2)CC1CCCN. The summed E-state index contributed by atoms with van der Waals surface area (Å²) in [5.74, 6) is 0. The van der Waals surface area contributed by atoms with Crippen molar-refractivity contribution in [2.45, 2.75) is 51.9 Å². The largest absolute Gasteiger partial charge is 0.445 e. The molecule has 0 spiro atoms. The third-order valence-electron chi connectivity index (χ3n) is 4.32. The molecule has 7 heteroatoms. The van der Waals surface area contributed by atoms with Gasteiger partial charge in [-0.15, -0.1) is 0 Å². The lowest BCUT2D eigenvalue weighted by Crippen LogP contribution is -2.57. The molecule has 1 atom stereocenters. The van der Waals surface area contributed by atoms with Crippen molar-refractivity contribution in [2.24, 2.45) is 5.73 Å². The molecule has 1 aliphatic heterocycles. The fourth-order valence-electron chi connectivity index (χ4n) is 2.99. The van der Waals surface area contributed by atoms with Gasteiger partial charge in [-0.3, -0.25) is 0 Å². The highest BCUT2D eigenvalue weighted by Gasteiger charge is 2.35. The Morgan fingerprint density at radius 2 is 1.85 bits per heavy atom. The first-order valence-corrected chi connectivity index (χ1v) is 9.45. The van der Waals surface area contributed by atoms with Crippen LogP contribution in [-0.2, 0) is 16.1 Å². The van der Waals surface area contributed by atoms with Crippen LogP contribution in [0, 0.1) is 0 Å². The van der Waals surface area contributed by atoms with E-state index in [1.54, 1.807) is 9.80 Å². The standard InChI is InChI=1S/C20H31N3O4/c1-20(2,3)27-19(25)23-13-12-22(14-17(23)10-7-11-21)18(24)26-15-16-8-5-4-6-9-16/h4-6,8-9,17H,7,10-15,21H2,1-3H3. The number of rotatable bonds is 5. The second-order valence-electron chi connectivity index (χ2n) is 7.74. The Balaban J connectivity index is 1.95. The molecule has 1 aliphatic rings. The van der Waals surface area contributed by atoms with Crippen molar-refractivity contribution in [1.82, 2.24) is 9.80 Å². The number of carbonyl (C=O) groups is 2. The third kappa shape index (κ3) is 6.75. The number of nitrogens with zero attached hydrogens (tertiary/aromatic N) is 2. The molecular formula is C20H31N3O4. The lowest BCUT2D eigenvalue weighted by Gasteiger charge is -2.41. The van der Waals surface area contributed by atoms with Crippen LogP contribution < -0.4 is 5.73 Å². The summed E-state index contributed by atoms with van der Waals surface area (Å²) >= 11 is 0. The molecule has 150 valence electrons. The number of benzene rings is 1. The number of hydrogen-bond donors (Lipinski definition) is 1. The average molecular weight is 377 g/mol. The van der Waals surface area contributed by atoms with E-state index >= 15 is 0 Å². The Morgan fingerprint density at radius 1 is 1.15 bits per heavy atom. The van der Waals surface area contributed by atoms with Crippen molar-refractivity contribution < 1.29 is 19.1 Å². The summed E-state index contributed by atoms with van der Waals surface area (Å²) in [6, 6.07) is 9.44. The van der Waals surface area contributed by atoms with Crippen LogP contribution in [0.5, 0.6) is 0 Å². The predicted octanol–water partition coefficient (Wildman–Crippen LogP) is 2.98. The number of amides is 2. The van der Waals surface area contributed by atoms with Crippen LogP contribution in [0.3, 0.4) is 0 Å². The van der Waals surface area contributed by atoms with Gasteiger partial charge in [-0.1, -0.05) is 30.3 Å². The topological polar surface area (TPSA) is 85.1 Å². The maximum absolute atomic E-state index is 12.5. The molecule has 1 saturated heterocycles. The molecule has 0 saturated carbocycles. The minimum atomic E-state index is -0.554. The van der Waals surface area contributed by atoms with Crippen LogP contribution in [0.2, 0.25) is 0 Å². The first-order chi connectivity index (χ1) is 12.8. The van der Waals surface area contributed by atoms with E-state index in [1.165, 1.54) is 0 Å². The van der Waals surface area contributed by atoms with Gasteiger partial charge in [0.2, 0.25) is 0 Å². The number of ether oxygens (including phenoxy) is 2. The van der Waals surface area contributed by atoms with Crippen molar-refractivity contribution in [2.75, 3.05) is 26.2 Å². The normalized spacial score (nSPS) is 17.6. The summed E-state index contributed by atoms with van der Waals surface area (Å²) in [7, 11) is 0. The Hall–Kier alpha value is -2.28. The number of piperazine rings is 1. The molecule has 0 radical (unpaired) electrons. The van der Waals surface area contributed by atoms with Gasteiger partial charge in [-0.25, -0.2) is 9.59 Å². The third-order valence-corrected chi connectivity index (χ3v) is 4.32. The minimum absolute atomic E-state index is 0.124. The van der Waals surface area contributed by atoms with Gasteiger partial charge < -0.3 is 25.0 Å². The van der Waals surface area contributed by atoms with Crippen molar-refractivity contribution >= 4 is 12.2 Å². The minimum Gasteiger partial charge on any atom is -0.445 e. The zero-order chi connectivity index (χ0) is 19.9. The summed E-state index contributed by atoms with van der Waals surface area (Å²) in [4.78, 5) is 28.3. The van der Waals surface area contributed by atoms with Crippen LogP contribution >= 0.6 is 0 Å². The molecule has 2 N–H and O–H groups in total. The van der Waals surface area contributed by atoms with Crippen LogP contribution in [0.15, 0.2) is 30.3 Å². The van der Waals surface area contributed by atoms with Gasteiger partial charge in [0.15, 0.2) is 0 Å². The molecule has 1 aromatic rings. The van der Waals surface area contributed by atoms with Crippen LogP contribution in [-0.4, -0.2) is 59.8 Å². The maximum atomic E-state index is 12.5. The van der Waals surface area contributed by atoms with E-state index in [-0.39, 0.29) is 24.8 Å². The number of carbonyl (C=O) groups excluding carboxylic acids is 2. The maximum Gasteiger partial charge on any atom is 0.410 e. The summed E-state index contributed by atoms with van der Waals surface area (Å²) in [6.07, 6.45) is 0.789. The van der Waals surface area contributed by atoms with Gasteiger partial charge in [0.25, 0.3) is 0 Å². The van der Waals surface area contributed by atoms with E-state index in [4.69, 9.17) is 15.2 Å². The van der Waals surface area contributed by atoms with E-state index in [1.807, 2.05) is 51.1 Å². The van der Waals surface area contributed by atoms with Crippen molar-refractivity contribution in [3.05, 3.63) is 35.9 Å². The highest BCUT2D eigenvalue weighted by atomic mass is 16.6. The molecule has 1 fully saturated rings. The highest BCUT2D eigenvalue weighted by molar-refractivity contribution is 5.71. The van der Waals surface area contributed by atoms with Gasteiger partial charge in [-0.2, -0.15) is 0 Å². The van der Waals surface area contributed by atoms with Crippen molar-refractivity contribution in [3.63, 3.8) is 0 Å². The quantitative estimate of drug-likeness (QED) is 0.853. The lowest BCUT2D eigenvalue weighted by molar-refractivity contribution is -0.00458. The van der Waals surface area contributed by atoms with Crippen molar-refractivity contribution in [1.29, 1.82) is 0 Å². The smallest absolute Gasteiger partial charge is 0.410 e.